The Hall–Kier alpha value is -2.82. The number of carbonyl (C=O) groups excluding carboxylic acids is 1. The molecule has 0 unspecified atom stereocenters. The van der Waals surface area contributed by atoms with Crippen LogP contribution in [0.1, 0.15) is 16.2 Å². The van der Waals surface area contributed by atoms with Crippen LogP contribution in [-0.2, 0) is 6.42 Å². The molecule has 0 saturated carbocycles. The molecule has 0 aliphatic carbocycles. The number of hydrogen-bond donors (Lipinski definition) is 1. The van der Waals surface area contributed by atoms with Gasteiger partial charge in [-0.05, 0) is 36.4 Å². The summed E-state index contributed by atoms with van der Waals surface area (Å²) in [6, 6.07) is 15.1. The smallest absolute Gasteiger partial charge is 0.251 e. The Morgan fingerprint density at radius 2 is 1.87 bits per heavy atom. The molecule has 0 fully saturated rings. The Balaban J connectivity index is 1.56. The molecule has 1 amide bonds. The Labute approximate surface area is 134 Å². The van der Waals surface area contributed by atoms with E-state index in [0.29, 0.717) is 24.4 Å². The topological polar surface area (TPSA) is 58.4 Å². The summed E-state index contributed by atoms with van der Waals surface area (Å²) in [5, 5.41) is 2.89. The maximum absolute atomic E-state index is 12.1. The molecule has 2 aromatic carbocycles. The van der Waals surface area contributed by atoms with Crippen LogP contribution in [0.15, 0.2) is 52.9 Å². The average molecular weight is 309 g/mol. The Morgan fingerprint density at radius 3 is 2.57 bits per heavy atom. The lowest BCUT2D eigenvalue weighted by Crippen LogP contribution is -2.25. The molecule has 23 heavy (non-hydrogen) atoms. The fraction of sp³-hybridized carbons (Fsp3) is 0.222. The Morgan fingerprint density at radius 1 is 1.13 bits per heavy atom. The molecule has 3 rings (SSSR count). The van der Waals surface area contributed by atoms with Gasteiger partial charge in [-0.25, -0.2) is 4.98 Å². The van der Waals surface area contributed by atoms with Crippen LogP contribution in [0.4, 0.5) is 5.69 Å². The fourth-order valence-corrected chi connectivity index (χ4v) is 2.32. The van der Waals surface area contributed by atoms with Crippen molar-refractivity contribution in [3.8, 4) is 0 Å². The molecule has 0 aliphatic heterocycles. The number of para-hydroxylation sites is 2. The third-order valence-corrected chi connectivity index (χ3v) is 3.61. The predicted octanol–water partition coefficient (Wildman–Crippen LogP) is 2.87. The summed E-state index contributed by atoms with van der Waals surface area (Å²) < 4.78 is 5.63. The van der Waals surface area contributed by atoms with E-state index in [2.05, 4.69) is 10.3 Å². The minimum absolute atomic E-state index is 0.0913. The van der Waals surface area contributed by atoms with E-state index in [-0.39, 0.29) is 5.91 Å². The number of fused-ring (bicyclic) bond motifs is 1. The third-order valence-electron chi connectivity index (χ3n) is 3.61. The van der Waals surface area contributed by atoms with Gasteiger partial charge in [0.2, 0.25) is 0 Å². The quantitative estimate of drug-likeness (QED) is 0.787. The molecule has 0 spiro atoms. The molecule has 5 nitrogen and oxygen atoms in total. The Bertz CT molecular complexity index is 774. The van der Waals surface area contributed by atoms with Gasteiger partial charge in [0, 0.05) is 38.3 Å². The predicted molar refractivity (Wildman–Crippen MR) is 90.8 cm³/mol. The van der Waals surface area contributed by atoms with E-state index in [1.54, 1.807) is 0 Å². The molecule has 1 N–H and O–H groups in total. The number of anilines is 1. The SMILES string of the molecule is CN(C)c1ccc(C(=O)NCCc2nc3ccccc3o2)cc1. The van der Waals surface area contributed by atoms with Crippen molar-refractivity contribution in [2.24, 2.45) is 0 Å². The van der Waals surface area contributed by atoms with Crippen LogP contribution in [0.5, 0.6) is 0 Å². The zero-order valence-corrected chi connectivity index (χ0v) is 13.2. The minimum atomic E-state index is -0.0913. The Kier molecular flexibility index (Phi) is 4.28. The number of hydrogen-bond acceptors (Lipinski definition) is 4. The first-order chi connectivity index (χ1) is 11.1. The van der Waals surface area contributed by atoms with E-state index in [9.17, 15) is 4.79 Å². The average Bonchev–Trinajstić information content (AvgIpc) is 2.97. The molecule has 5 heteroatoms. The monoisotopic (exact) mass is 309 g/mol. The van der Waals surface area contributed by atoms with Gasteiger partial charge >= 0.3 is 0 Å². The number of aromatic nitrogens is 1. The summed E-state index contributed by atoms with van der Waals surface area (Å²) in [5.41, 5.74) is 3.32. The molecule has 1 heterocycles. The van der Waals surface area contributed by atoms with Crippen LogP contribution >= 0.6 is 0 Å². The zero-order chi connectivity index (χ0) is 16.2. The fourth-order valence-electron chi connectivity index (χ4n) is 2.32. The first kappa shape index (κ1) is 15.1. The standard InChI is InChI=1S/C18H19N3O2/c1-21(2)14-9-7-13(8-10-14)18(22)19-12-11-17-20-15-5-3-4-6-16(15)23-17/h3-10H,11-12H2,1-2H3,(H,19,22). The summed E-state index contributed by atoms with van der Waals surface area (Å²) in [6.07, 6.45) is 0.566. The van der Waals surface area contributed by atoms with Gasteiger partial charge in [-0.15, -0.1) is 0 Å². The lowest BCUT2D eigenvalue weighted by atomic mass is 10.2. The molecule has 0 radical (unpaired) electrons. The molecule has 0 aliphatic rings. The number of oxazole rings is 1. The molecule has 1 aromatic heterocycles. The highest BCUT2D eigenvalue weighted by Crippen LogP contribution is 2.15. The van der Waals surface area contributed by atoms with E-state index in [1.807, 2.05) is 67.5 Å². The van der Waals surface area contributed by atoms with E-state index >= 15 is 0 Å². The summed E-state index contributed by atoms with van der Waals surface area (Å²) in [4.78, 5) is 18.5. The highest BCUT2D eigenvalue weighted by atomic mass is 16.3. The van der Waals surface area contributed by atoms with Gasteiger partial charge < -0.3 is 14.6 Å². The second-order valence-electron chi connectivity index (χ2n) is 5.52. The molecular formula is C18H19N3O2. The van der Waals surface area contributed by atoms with Gasteiger partial charge in [0.1, 0.15) is 5.52 Å². The minimum Gasteiger partial charge on any atom is -0.441 e. The highest BCUT2D eigenvalue weighted by molar-refractivity contribution is 5.94. The van der Waals surface area contributed by atoms with Crippen LogP contribution in [0.25, 0.3) is 11.1 Å². The summed E-state index contributed by atoms with van der Waals surface area (Å²) >= 11 is 0. The van der Waals surface area contributed by atoms with Crippen molar-refractivity contribution in [2.45, 2.75) is 6.42 Å². The summed E-state index contributed by atoms with van der Waals surface area (Å²) in [6.45, 7) is 0.487. The van der Waals surface area contributed by atoms with Gasteiger partial charge in [-0.1, -0.05) is 12.1 Å². The molecule has 0 bridgehead atoms. The van der Waals surface area contributed by atoms with Crippen LogP contribution in [0, 0.1) is 0 Å². The number of rotatable bonds is 5. The van der Waals surface area contributed by atoms with Gasteiger partial charge in [-0.2, -0.15) is 0 Å². The number of carbonyl (C=O) groups is 1. The molecule has 0 atom stereocenters. The number of nitrogens with zero attached hydrogens (tertiary/aromatic N) is 2. The van der Waals surface area contributed by atoms with Crippen molar-refractivity contribution in [3.05, 3.63) is 60.0 Å². The lowest BCUT2D eigenvalue weighted by molar-refractivity contribution is 0.0953. The van der Waals surface area contributed by atoms with Gasteiger partial charge in [0.05, 0.1) is 0 Å². The summed E-state index contributed by atoms with van der Waals surface area (Å²) in [5.74, 6) is 0.542. The van der Waals surface area contributed by atoms with Crippen molar-refractivity contribution in [3.63, 3.8) is 0 Å². The second-order valence-corrected chi connectivity index (χ2v) is 5.52. The number of amides is 1. The first-order valence-electron chi connectivity index (χ1n) is 7.53. The largest absolute Gasteiger partial charge is 0.441 e. The van der Waals surface area contributed by atoms with Crippen molar-refractivity contribution in [1.29, 1.82) is 0 Å². The maximum Gasteiger partial charge on any atom is 0.251 e. The van der Waals surface area contributed by atoms with Crippen LogP contribution < -0.4 is 10.2 Å². The third kappa shape index (κ3) is 3.51. The second kappa shape index (κ2) is 6.52. The van der Waals surface area contributed by atoms with E-state index in [0.717, 1.165) is 16.8 Å². The normalized spacial score (nSPS) is 10.7. The van der Waals surface area contributed by atoms with E-state index in [4.69, 9.17) is 4.42 Å². The zero-order valence-electron chi connectivity index (χ0n) is 13.2. The van der Waals surface area contributed by atoms with Crippen molar-refractivity contribution in [2.75, 3.05) is 25.5 Å². The van der Waals surface area contributed by atoms with Crippen molar-refractivity contribution < 1.29 is 9.21 Å². The maximum atomic E-state index is 12.1. The van der Waals surface area contributed by atoms with Crippen molar-refractivity contribution >= 4 is 22.7 Å². The van der Waals surface area contributed by atoms with Crippen LogP contribution in [0.3, 0.4) is 0 Å². The van der Waals surface area contributed by atoms with E-state index < -0.39 is 0 Å². The van der Waals surface area contributed by atoms with E-state index in [1.165, 1.54) is 0 Å². The molecular weight excluding hydrogens is 290 g/mol. The van der Waals surface area contributed by atoms with Crippen molar-refractivity contribution in [1.82, 2.24) is 10.3 Å². The lowest BCUT2D eigenvalue weighted by Gasteiger charge is -2.12. The number of nitrogens with one attached hydrogen (secondary N) is 1. The molecule has 3 aromatic rings. The van der Waals surface area contributed by atoms with Gasteiger partial charge in [-0.3, -0.25) is 4.79 Å². The van der Waals surface area contributed by atoms with Crippen LogP contribution in [0.2, 0.25) is 0 Å². The van der Waals surface area contributed by atoms with Gasteiger partial charge in [0.25, 0.3) is 5.91 Å². The number of benzene rings is 2. The van der Waals surface area contributed by atoms with Crippen LogP contribution in [-0.4, -0.2) is 31.5 Å². The van der Waals surface area contributed by atoms with Gasteiger partial charge in [0.15, 0.2) is 11.5 Å². The highest BCUT2D eigenvalue weighted by Gasteiger charge is 2.08. The first-order valence-corrected chi connectivity index (χ1v) is 7.53. The molecule has 0 saturated heterocycles. The molecule has 118 valence electrons. The summed E-state index contributed by atoms with van der Waals surface area (Å²) in [7, 11) is 3.94.